The zero-order chi connectivity index (χ0) is 17.9. The van der Waals surface area contributed by atoms with Crippen LogP contribution in [0.2, 0.25) is 16.6 Å². The molecule has 0 saturated heterocycles. The maximum Gasteiger partial charge on any atom is 0.161 e. The van der Waals surface area contributed by atoms with Gasteiger partial charge in [-0.3, -0.25) is 0 Å². The Morgan fingerprint density at radius 2 is 1.00 bits per heavy atom. The van der Waals surface area contributed by atoms with Crippen molar-refractivity contribution in [3.8, 4) is 0 Å². The van der Waals surface area contributed by atoms with Crippen LogP contribution in [0.3, 0.4) is 0 Å². The van der Waals surface area contributed by atoms with Crippen LogP contribution >= 0.6 is 0 Å². The van der Waals surface area contributed by atoms with Crippen LogP contribution in [0, 0.1) is 0 Å². The maximum absolute atomic E-state index is 4.23. The summed E-state index contributed by atoms with van der Waals surface area (Å²) in [6.45, 7) is 23.8. The molecule has 0 aromatic heterocycles. The highest BCUT2D eigenvalue weighted by Crippen LogP contribution is 2.44. The van der Waals surface area contributed by atoms with Crippen molar-refractivity contribution in [2.75, 3.05) is 4.98 Å². The number of para-hydroxylation sites is 1. The Morgan fingerprint density at radius 1 is 0.652 bits per heavy atom. The predicted octanol–water partition coefficient (Wildman–Crippen LogP) is 7.52. The molecule has 0 fully saturated rings. The van der Waals surface area contributed by atoms with E-state index in [9.17, 15) is 0 Å². The van der Waals surface area contributed by atoms with Gasteiger partial charge in [0.05, 0.1) is 0 Å². The van der Waals surface area contributed by atoms with E-state index in [1.807, 2.05) is 0 Å². The van der Waals surface area contributed by atoms with Crippen molar-refractivity contribution >= 4 is 13.9 Å². The average molecular weight is 334 g/mol. The SMILES string of the molecule is CC(C)c1cccc(C(C)C)c1N[Si](C(C)C)(C(C)C)C(C)C. The van der Waals surface area contributed by atoms with Crippen LogP contribution in [0.15, 0.2) is 18.2 Å². The van der Waals surface area contributed by atoms with E-state index in [1.165, 1.54) is 16.8 Å². The Kier molecular flexibility index (Phi) is 6.94. The molecule has 1 aromatic carbocycles. The van der Waals surface area contributed by atoms with E-state index in [2.05, 4.69) is 92.4 Å². The Bertz CT molecular complexity index is 453. The molecule has 1 nitrogen and oxygen atoms in total. The highest BCUT2D eigenvalue weighted by Gasteiger charge is 2.44. The van der Waals surface area contributed by atoms with E-state index in [1.54, 1.807) is 0 Å². The molecule has 1 N–H and O–H groups in total. The van der Waals surface area contributed by atoms with Crippen LogP contribution in [0.1, 0.15) is 92.2 Å². The maximum atomic E-state index is 4.23. The lowest BCUT2D eigenvalue weighted by molar-refractivity contribution is 0.809. The molecular formula is C21H39NSi. The van der Waals surface area contributed by atoms with E-state index >= 15 is 0 Å². The van der Waals surface area contributed by atoms with E-state index in [0.29, 0.717) is 28.5 Å². The van der Waals surface area contributed by atoms with Crippen LogP contribution in [0.5, 0.6) is 0 Å². The Labute approximate surface area is 146 Å². The Morgan fingerprint density at radius 3 is 1.26 bits per heavy atom. The van der Waals surface area contributed by atoms with E-state index in [4.69, 9.17) is 0 Å². The van der Waals surface area contributed by atoms with Crippen LogP contribution in [-0.2, 0) is 0 Å². The summed E-state index contributed by atoms with van der Waals surface area (Å²) in [5, 5.41) is 0. The van der Waals surface area contributed by atoms with Gasteiger partial charge in [-0.25, -0.2) is 0 Å². The molecule has 0 unspecified atom stereocenters. The van der Waals surface area contributed by atoms with Gasteiger partial charge in [0, 0.05) is 5.69 Å². The first kappa shape index (κ1) is 20.3. The lowest BCUT2D eigenvalue weighted by atomic mass is 9.93. The summed E-state index contributed by atoms with van der Waals surface area (Å²) >= 11 is 0. The quantitative estimate of drug-likeness (QED) is 0.509. The molecule has 0 saturated carbocycles. The number of nitrogens with one attached hydrogen (secondary N) is 1. The minimum Gasteiger partial charge on any atom is -0.409 e. The standard InChI is InChI=1S/C21H39NSi/c1-14(2)19-12-11-13-20(15(3)4)21(19)22-23(16(5)6,17(7)8)18(9)10/h11-18,22H,1-10H3. The normalized spacial score (nSPS) is 13.0. The second-order valence-electron chi connectivity index (χ2n) is 8.64. The highest BCUT2D eigenvalue weighted by molar-refractivity contribution is 6.86. The second-order valence-corrected chi connectivity index (χ2v) is 14.2. The lowest BCUT2D eigenvalue weighted by Gasteiger charge is -2.45. The molecule has 0 aliphatic carbocycles. The highest BCUT2D eigenvalue weighted by atomic mass is 28.3. The van der Waals surface area contributed by atoms with Gasteiger partial charge >= 0.3 is 0 Å². The summed E-state index contributed by atoms with van der Waals surface area (Å²) in [7, 11) is -1.67. The molecule has 0 spiro atoms. The van der Waals surface area contributed by atoms with Gasteiger partial charge in [0.25, 0.3) is 0 Å². The monoisotopic (exact) mass is 333 g/mol. The first-order valence-corrected chi connectivity index (χ1v) is 11.7. The van der Waals surface area contributed by atoms with Crippen molar-refractivity contribution in [3.63, 3.8) is 0 Å². The van der Waals surface area contributed by atoms with Crippen LogP contribution < -0.4 is 4.98 Å². The first-order valence-electron chi connectivity index (χ1n) is 9.46. The third kappa shape index (κ3) is 4.02. The molecule has 0 amide bonds. The van der Waals surface area contributed by atoms with Crippen LogP contribution in [0.25, 0.3) is 0 Å². The fraction of sp³-hybridized carbons (Fsp3) is 0.714. The number of anilines is 1. The van der Waals surface area contributed by atoms with Crippen LogP contribution in [-0.4, -0.2) is 8.24 Å². The van der Waals surface area contributed by atoms with E-state index in [-0.39, 0.29) is 0 Å². The summed E-state index contributed by atoms with van der Waals surface area (Å²) in [5.41, 5.74) is 6.54. The molecule has 2 heteroatoms. The zero-order valence-corrected chi connectivity index (χ0v) is 18.1. The molecule has 0 bridgehead atoms. The van der Waals surface area contributed by atoms with Gasteiger partial charge in [0.2, 0.25) is 0 Å². The summed E-state index contributed by atoms with van der Waals surface area (Å²) in [6.07, 6.45) is 0. The number of hydrogen-bond acceptors (Lipinski definition) is 1. The molecule has 0 aliphatic rings. The van der Waals surface area contributed by atoms with Crippen molar-refractivity contribution in [1.82, 2.24) is 0 Å². The van der Waals surface area contributed by atoms with E-state index in [0.717, 1.165) is 0 Å². The molecule has 132 valence electrons. The smallest absolute Gasteiger partial charge is 0.161 e. The molecule has 1 rings (SSSR count). The summed E-state index contributed by atoms with van der Waals surface area (Å²) in [6, 6.07) is 6.87. The predicted molar refractivity (Wildman–Crippen MR) is 109 cm³/mol. The third-order valence-electron chi connectivity index (χ3n) is 5.58. The minimum atomic E-state index is -1.67. The van der Waals surface area contributed by atoms with Crippen molar-refractivity contribution in [3.05, 3.63) is 29.3 Å². The van der Waals surface area contributed by atoms with Gasteiger partial charge in [0.15, 0.2) is 8.24 Å². The first-order chi connectivity index (χ1) is 10.6. The van der Waals surface area contributed by atoms with E-state index < -0.39 is 8.24 Å². The summed E-state index contributed by atoms with van der Waals surface area (Å²) in [4.78, 5) is 4.23. The molecule has 0 aliphatic heterocycles. The number of benzene rings is 1. The topological polar surface area (TPSA) is 12.0 Å². The van der Waals surface area contributed by atoms with Gasteiger partial charge in [-0.15, -0.1) is 0 Å². The Hall–Kier alpha value is -0.763. The van der Waals surface area contributed by atoms with Gasteiger partial charge in [-0.2, -0.15) is 0 Å². The van der Waals surface area contributed by atoms with Crippen LogP contribution in [0.4, 0.5) is 5.69 Å². The minimum absolute atomic E-state index is 0.550. The number of rotatable bonds is 7. The number of hydrogen-bond donors (Lipinski definition) is 1. The van der Waals surface area contributed by atoms with Gasteiger partial charge in [-0.05, 0) is 39.6 Å². The fourth-order valence-corrected chi connectivity index (χ4v) is 9.93. The van der Waals surface area contributed by atoms with Crippen molar-refractivity contribution in [2.24, 2.45) is 0 Å². The third-order valence-corrected chi connectivity index (χ3v) is 12.0. The molecule has 0 radical (unpaired) electrons. The van der Waals surface area contributed by atoms with Crippen molar-refractivity contribution in [2.45, 2.75) is 97.7 Å². The average Bonchev–Trinajstić information content (AvgIpc) is 2.42. The second kappa shape index (κ2) is 7.87. The molecule has 0 heterocycles. The van der Waals surface area contributed by atoms with Crippen molar-refractivity contribution < 1.29 is 0 Å². The summed E-state index contributed by atoms with van der Waals surface area (Å²) < 4.78 is 0. The molecule has 1 aromatic rings. The fourth-order valence-electron chi connectivity index (χ4n) is 4.34. The molecule has 0 atom stereocenters. The Balaban J connectivity index is 3.55. The molecule has 23 heavy (non-hydrogen) atoms. The zero-order valence-electron chi connectivity index (χ0n) is 17.1. The van der Waals surface area contributed by atoms with Gasteiger partial charge in [0.1, 0.15) is 0 Å². The lowest BCUT2D eigenvalue weighted by Crippen LogP contribution is -2.52. The molecular weight excluding hydrogens is 294 g/mol. The van der Waals surface area contributed by atoms with Gasteiger partial charge in [-0.1, -0.05) is 87.4 Å². The van der Waals surface area contributed by atoms with Gasteiger partial charge < -0.3 is 4.98 Å². The largest absolute Gasteiger partial charge is 0.409 e. The van der Waals surface area contributed by atoms with Crippen molar-refractivity contribution in [1.29, 1.82) is 0 Å². The summed E-state index contributed by atoms with van der Waals surface area (Å²) in [5.74, 6) is 1.10.